The van der Waals surface area contributed by atoms with Crippen molar-refractivity contribution in [2.45, 2.75) is 38.9 Å². The van der Waals surface area contributed by atoms with Crippen molar-refractivity contribution in [1.29, 1.82) is 0 Å². The molecule has 0 radical (unpaired) electrons. The van der Waals surface area contributed by atoms with Crippen LogP contribution in [0, 0.1) is 13.8 Å². The van der Waals surface area contributed by atoms with Crippen LogP contribution < -0.4 is 16.2 Å². The van der Waals surface area contributed by atoms with Crippen molar-refractivity contribution in [2.75, 3.05) is 5.32 Å². The van der Waals surface area contributed by atoms with Gasteiger partial charge in [-0.15, -0.1) is 0 Å². The van der Waals surface area contributed by atoms with E-state index in [1.807, 2.05) is 16.9 Å². The molecule has 1 fully saturated rings. The van der Waals surface area contributed by atoms with Crippen LogP contribution in [0.4, 0.5) is 5.82 Å². The largest absolute Gasteiger partial charge is 0.308 e. The molecular weight excluding hydrogens is 350 g/mol. The molecule has 6 heteroatoms. The normalized spacial score (nSPS) is 18.9. The van der Waals surface area contributed by atoms with Crippen LogP contribution >= 0.6 is 0 Å². The fraction of sp³-hybridized carbons (Fsp3) is 0.273. The quantitative estimate of drug-likeness (QED) is 0.641. The minimum atomic E-state index is -0.298. The first-order valence-electron chi connectivity index (χ1n) is 9.54. The van der Waals surface area contributed by atoms with E-state index in [9.17, 15) is 4.79 Å². The van der Waals surface area contributed by atoms with E-state index in [1.54, 1.807) is 0 Å². The Labute approximate surface area is 164 Å². The highest BCUT2D eigenvalue weighted by Crippen LogP contribution is 2.23. The molecule has 1 aromatic heterocycles. The van der Waals surface area contributed by atoms with Crippen LogP contribution in [0.25, 0.3) is 0 Å². The Morgan fingerprint density at radius 3 is 2.43 bits per heavy atom. The average molecular weight is 375 g/mol. The zero-order valence-electron chi connectivity index (χ0n) is 16.1. The molecule has 28 heavy (non-hydrogen) atoms. The molecule has 0 aliphatic carbocycles. The van der Waals surface area contributed by atoms with Crippen molar-refractivity contribution in [3.05, 3.63) is 83.0 Å². The average Bonchev–Trinajstić information content (AvgIpc) is 3.34. The standard InChI is InChI=1S/C22H25N5O/c1-15-3-7-17(8-4-15)14-27-12-11-21(26-27)23-22(28)20-13-19(24-25-20)18-9-5-16(2)6-10-18/h3-12,19-20,24-25H,13-14H2,1-2H3,(H,23,26,28). The van der Waals surface area contributed by atoms with Crippen molar-refractivity contribution in [3.63, 3.8) is 0 Å². The molecule has 0 saturated carbocycles. The lowest BCUT2D eigenvalue weighted by molar-refractivity contribution is -0.117. The summed E-state index contributed by atoms with van der Waals surface area (Å²) in [7, 11) is 0. The summed E-state index contributed by atoms with van der Waals surface area (Å²) in [5.41, 5.74) is 11.1. The third-order valence-corrected chi connectivity index (χ3v) is 5.06. The van der Waals surface area contributed by atoms with Crippen LogP contribution in [0.2, 0.25) is 0 Å². The van der Waals surface area contributed by atoms with Crippen LogP contribution in [0.1, 0.15) is 34.7 Å². The molecule has 4 rings (SSSR count). The summed E-state index contributed by atoms with van der Waals surface area (Å²) in [5, 5.41) is 7.37. The van der Waals surface area contributed by atoms with Crippen molar-refractivity contribution in [3.8, 4) is 0 Å². The third-order valence-electron chi connectivity index (χ3n) is 5.06. The van der Waals surface area contributed by atoms with Gasteiger partial charge in [-0.05, 0) is 31.4 Å². The smallest absolute Gasteiger partial charge is 0.244 e. The highest BCUT2D eigenvalue weighted by atomic mass is 16.2. The molecule has 1 amide bonds. The van der Waals surface area contributed by atoms with Gasteiger partial charge in [-0.1, -0.05) is 59.7 Å². The highest BCUT2D eigenvalue weighted by Gasteiger charge is 2.30. The Morgan fingerprint density at radius 2 is 1.71 bits per heavy atom. The van der Waals surface area contributed by atoms with Crippen molar-refractivity contribution in [2.24, 2.45) is 0 Å². The summed E-state index contributed by atoms with van der Waals surface area (Å²) in [6.45, 7) is 4.81. The van der Waals surface area contributed by atoms with Gasteiger partial charge >= 0.3 is 0 Å². The van der Waals surface area contributed by atoms with E-state index in [4.69, 9.17) is 0 Å². The molecule has 1 aliphatic rings. The summed E-state index contributed by atoms with van der Waals surface area (Å²) in [4.78, 5) is 12.6. The number of carbonyl (C=O) groups is 1. The lowest BCUT2D eigenvalue weighted by Gasteiger charge is -2.10. The third kappa shape index (κ3) is 4.30. The van der Waals surface area contributed by atoms with Gasteiger partial charge in [-0.25, -0.2) is 10.9 Å². The predicted octanol–water partition coefficient (Wildman–Crippen LogP) is 3.09. The van der Waals surface area contributed by atoms with E-state index >= 15 is 0 Å². The number of hydrogen-bond donors (Lipinski definition) is 3. The molecule has 2 atom stereocenters. The van der Waals surface area contributed by atoms with Crippen LogP contribution in [-0.2, 0) is 11.3 Å². The predicted molar refractivity (Wildman–Crippen MR) is 110 cm³/mol. The Balaban J connectivity index is 1.33. The number of rotatable bonds is 5. The van der Waals surface area contributed by atoms with E-state index in [0.29, 0.717) is 18.8 Å². The maximum Gasteiger partial charge on any atom is 0.244 e. The first-order valence-corrected chi connectivity index (χ1v) is 9.54. The zero-order chi connectivity index (χ0) is 19.5. The topological polar surface area (TPSA) is 71.0 Å². The Morgan fingerprint density at radius 1 is 1.04 bits per heavy atom. The first kappa shape index (κ1) is 18.4. The number of hydrogen-bond acceptors (Lipinski definition) is 4. The molecule has 0 spiro atoms. The van der Waals surface area contributed by atoms with Crippen molar-refractivity contribution >= 4 is 11.7 Å². The minimum Gasteiger partial charge on any atom is -0.308 e. The second-order valence-corrected chi connectivity index (χ2v) is 7.41. The molecule has 144 valence electrons. The fourth-order valence-electron chi connectivity index (χ4n) is 3.36. The summed E-state index contributed by atoms with van der Waals surface area (Å²) >= 11 is 0. The van der Waals surface area contributed by atoms with Gasteiger partial charge in [0.2, 0.25) is 5.91 Å². The van der Waals surface area contributed by atoms with Gasteiger partial charge in [0.1, 0.15) is 6.04 Å². The summed E-state index contributed by atoms with van der Waals surface area (Å²) in [6.07, 6.45) is 2.57. The van der Waals surface area contributed by atoms with Gasteiger partial charge in [-0.3, -0.25) is 9.48 Å². The number of amides is 1. The van der Waals surface area contributed by atoms with Gasteiger partial charge in [0.05, 0.1) is 6.54 Å². The SMILES string of the molecule is Cc1ccc(Cn2ccc(NC(=O)C3CC(c4ccc(C)cc4)NN3)n2)cc1. The second-order valence-electron chi connectivity index (χ2n) is 7.41. The van der Waals surface area contributed by atoms with E-state index in [2.05, 4.69) is 83.6 Å². The lowest BCUT2D eigenvalue weighted by atomic mass is 10.0. The van der Waals surface area contributed by atoms with E-state index in [0.717, 1.165) is 0 Å². The number of hydrazine groups is 1. The molecule has 2 aromatic carbocycles. The summed E-state index contributed by atoms with van der Waals surface area (Å²) in [6, 6.07) is 18.4. The molecule has 3 N–H and O–H groups in total. The van der Waals surface area contributed by atoms with Crippen LogP contribution in [0.3, 0.4) is 0 Å². The van der Waals surface area contributed by atoms with Gasteiger partial charge in [0.25, 0.3) is 0 Å². The molecule has 2 unspecified atom stereocenters. The van der Waals surface area contributed by atoms with E-state index < -0.39 is 0 Å². The Kier molecular flexibility index (Phi) is 5.23. The zero-order valence-corrected chi connectivity index (χ0v) is 16.1. The van der Waals surface area contributed by atoms with Gasteiger partial charge in [0, 0.05) is 18.3 Å². The van der Waals surface area contributed by atoms with E-state index in [1.165, 1.54) is 22.3 Å². The molecule has 2 heterocycles. The molecular formula is C22H25N5O. The number of carbonyl (C=O) groups excluding carboxylic acids is 1. The second kappa shape index (κ2) is 7.96. The molecule has 6 nitrogen and oxygen atoms in total. The lowest BCUT2D eigenvalue weighted by Crippen LogP contribution is -2.39. The minimum absolute atomic E-state index is 0.0808. The number of nitrogens with zero attached hydrogens (tertiary/aromatic N) is 2. The van der Waals surface area contributed by atoms with Gasteiger partial charge in [-0.2, -0.15) is 5.10 Å². The maximum absolute atomic E-state index is 12.6. The number of anilines is 1. The first-order chi connectivity index (χ1) is 13.6. The Hall–Kier alpha value is -2.96. The fourth-order valence-corrected chi connectivity index (χ4v) is 3.36. The maximum atomic E-state index is 12.6. The Bertz CT molecular complexity index is 946. The van der Waals surface area contributed by atoms with E-state index in [-0.39, 0.29) is 18.0 Å². The summed E-state index contributed by atoms with van der Waals surface area (Å²) in [5.74, 6) is 0.486. The summed E-state index contributed by atoms with van der Waals surface area (Å²) < 4.78 is 1.83. The van der Waals surface area contributed by atoms with Crippen LogP contribution in [-0.4, -0.2) is 21.7 Å². The monoisotopic (exact) mass is 375 g/mol. The number of nitrogens with one attached hydrogen (secondary N) is 3. The molecule has 3 aromatic rings. The van der Waals surface area contributed by atoms with Gasteiger partial charge < -0.3 is 5.32 Å². The molecule has 0 bridgehead atoms. The van der Waals surface area contributed by atoms with Crippen molar-refractivity contribution < 1.29 is 4.79 Å². The molecule has 1 saturated heterocycles. The number of aryl methyl sites for hydroxylation is 2. The number of aromatic nitrogens is 2. The highest BCUT2D eigenvalue weighted by molar-refractivity contribution is 5.94. The number of benzene rings is 2. The van der Waals surface area contributed by atoms with Crippen LogP contribution in [0.5, 0.6) is 0 Å². The molecule has 1 aliphatic heterocycles. The van der Waals surface area contributed by atoms with Crippen molar-refractivity contribution in [1.82, 2.24) is 20.6 Å². The van der Waals surface area contributed by atoms with Gasteiger partial charge in [0.15, 0.2) is 5.82 Å². The van der Waals surface area contributed by atoms with Crippen LogP contribution in [0.15, 0.2) is 60.8 Å².